The summed E-state index contributed by atoms with van der Waals surface area (Å²) in [5.41, 5.74) is 0.628. The number of aliphatic hydroxyl groups is 1. The average molecular weight is 301 g/mol. The Kier molecular flexibility index (Phi) is 6.85. The van der Waals surface area contributed by atoms with Crippen molar-refractivity contribution in [1.82, 2.24) is 0 Å². The van der Waals surface area contributed by atoms with E-state index in [2.05, 4.69) is 40.4 Å². The fraction of sp³-hybridized carbons (Fsp3) is 0.812. The molecule has 1 N–H and O–H groups in total. The first-order chi connectivity index (χ1) is 8.81. The van der Waals surface area contributed by atoms with Crippen molar-refractivity contribution >= 4 is 14.1 Å². The Morgan fingerprint density at radius 2 is 1.75 bits per heavy atom. The van der Waals surface area contributed by atoms with Crippen LogP contribution in [0.15, 0.2) is 12.2 Å². The van der Waals surface area contributed by atoms with Gasteiger partial charge in [0.05, 0.1) is 6.10 Å². The molecule has 0 heterocycles. The largest absolute Gasteiger partial charge is 0.416 e. The summed E-state index contributed by atoms with van der Waals surface area (Å²) < 4.78 is 6.08. The normalized spacial score (nSPS) is 17.4. The van der Waals surface area contributed by atoms with Gasteiger partial charge in [0.2, 0.25) is 0 Å². The molecule has 0 saturated carbocycles. The number of hydrogen-bond acceptors (Lipinski definition) is 3. The van der Waals surface area contributed by atoms with Gasteiger partial charge in [-0.15, -0.1) is 0 Å². The van der Waals surface area contributed by atoms with Gasteiger partial charge in [-0.05, 0) is 25.1 Å². The third-order valence-corrected chi connectivity index (χ3v) is 8.91. The predicted molar refractivity (Wildman–Crippen MR) is 87.3 cm³/mol. The highest BCUT2D eigenvalue weighted by Gasteiger charge is 2.38. The van der Waals surface area contributed by atoms with Crippen LogP contribution in [0.25, 0.3) is 0 Å². The molecule has 0 rings (SSSR count). The van der Waals surface area contributed by atoms with Crippen molar-refractivity contribution in [1.29, 1.82) is 0 Å². The quantitative estimate of drug-likeness (QED) is 0.575. The first-order valence-corrected chi connectivity index (χ1v) is 10.2. The van der Waals surface area contributed by atoms with E-state index in [0.29, 0.717) is 12.2 Å². The molecule has 0 unspecified atom stereocenters. The van der Waals surface area contributed by atoms with Crippen LogP contribution in [0.4, 0.5) is 0 Å². The highest BCUT2D eigenvalue weighted by Crippen LogP contribution is 2.36. The molecule has 0 saturated heterocycles. The van der Waals surface area contributed by atoms with Crippen LogP contribution in [-0.4, -0.2) is 31.9 Å². The third kappa shape index (κ3) is 5.15. The standard InChI is InChI=1S/C16H32O3Si/c1-11(2)14(17)13(4)15(18)12(3)10-19-20(8,9)16(5,6)7/h12-14,17H,1,10H2,2-9H3/t12-,13-,14-/m1/s1. The lowest BCUT2D eigenvalue weighted by Crippen LogP contribution is -2.43. The number of carbonyl (C=O) groups excluding carboxylic acids is 1. The van der Waals surface area contributed by atoms with Crippen LogP contribution < -0.4 is 0 Å². The molecule has 0 bridgehead atoms. The Balaban J connectivity index is 4.60. The second kappa shape index (κ2) is 7.01. The highest BCUT2D eigenvalue weighted by molar-refractivity contribution is 6.74. The lowest BCUT2D eigenvalue weighted by atomic mass is 9.89. The molecule has 0 aromatic carbocycles. The Bertz CT molecular complexity index is 355. The van der Waals surface area contributed by atoms with Gasteiger partial charge in [-0.3, -0.25) is 4.79 Å². The number of rotatable bonds is 7. The van der Waals surface area contributed by atoms with E-state index in [0.717, 1.165) is 0 Å². The van der Waals surface area contributed by atoms with E-state index in [1.807, 2.05) is 6.92 Å². The molecule has 0 radical (unpaired) electrons. The zero-order valence-corrected chi connectivity index (χ0v) is 15.4. The Morgan fingerprint density at radius 3 is 2.10 bits per heavy atom. The predicted octanol–water partition coefficient (Wildman–Crippen LogP) is 3.79. The minimum atomic E-state index is -1.83. The molecule has 20 heavy (non-hydrogen) atoms. The number of carbonyl (C=O) groups is 1. The minimum absolute atomic E-state index is 0.0409. The molecule has 3 atom stereocenters. The van der Waals surface area contributed by atoms with Crippen molar-refractivity contribution in [3.05, 3.63) is 12.2 Å². The molecule has 0 spiro atoms. The van der Waals surface area contributed by atoms with Crippen molar-refractivity contribution in [2.24, 2.45) is 11.8 Å². The molecular formula is C16H32O3Si. The van der Waals surface area contributed by atoms with Crippen LogP contribution >= 0.6 is 0 Å². The molecule has 0 aliphatic heterocycles. The Labute approximate surface area is 125 Å². The molecule has 0 amide bonds. The van der Waals surface area contributed by atoms with Crippen molar-refractivity contribution in [2.45, 2.75) is 65.8 Å². The summed E-state index contributed by atoms with van der Waals surface area (Å²) in [5, 5.41) is 10.1. The molecule has 4 heteroatoms. The van der Waals surface area contributed by atoms with Crippen molar-refractivity contribution in [3.8, 4) is 0 Å². The van der Waals surface area contributed by atoms with Crippen molar-refractivity contribution < 1.29 is 14.3 Å². The summed E-state index contributed by atoms with van der Waals surface area (Å²) in [6.07, 6.45) is -0.766. The number of hydrogen-bond donors (Lipinski definition) is 1. The van der Waals surface area contributed by atoms with E-state index in [4.69, 9.17) is 4.43 Å². The highest BCUT2D eigenvalue weighted by atomic mass is 28.4. The maximum atomic E-state index is 12.3. The van der Waals surface area contributed by atoms with E-state index < -0.39 is 20.3 Å². The van der Waals surface area contributed by atoms with Crippen molar-refractivity contribution in [3.63, 3.8) is 0 Å². The Morgan fingerprint density at radius 1 is 1.30 bits per heavy atom. The molecule has 3 nitrogen and oxygen atoms in total. The lowest BCUT2D eigenvalue weighted by molar-refractivity contribution is -0.129. The molecule has 0 aliphatic carbocycles. The van der Waals surface area contributed by atoms with Gasteiger partial charge in [0.1, 0.15) is 5.78 Å². The topological polar surface area (TPSA) is 46.5 Å². The minimum Gasteiger partial charge on any atom is -0.416 e. The lowest BCUT2D eigenvalue weighted by Gasteiger charge is -2.37. The van der Waals surface area contributed by atoms with Crippen LogP contribution in [0.5, 0.6) is 0 Å². The number of aliphatic hydroxyl groups excluding tert-OH is 1. The van der Waals surface area contributed by atoms with Gasteiger partial charge in [0.25, 0.3) is 0 Å². The van der Waals surface area contributed by atoms with Gasteiger partial charge >= 0.3 is 0 Å². The van der Waals surface area contributed by atoms with E-state index in [1.54, 1.807) is 13.8 Å². The zero-order chi connectivity index (χ0) is 16.3. The molecule has 0 aromatic heterocycles. The molecule has 118 valence electrons. The first-order valence-electron chi connectivity index (χ1n) is 7.32. The van der Waals surface area contributed by atoms with Gasteiger partial charge in [0, 0.05) is 18.4 Å². The zero-order valence-electron chi connectivity index (χ0n) is 14.4. The van der Waals surface area contributed by atoms with Crippen LogP contribution in [0.1, 0.15) is 41.5 Å². The SMILES string of the molecule is C=C(C)[C@@H](O)[C@@H](C)C(=O)[C@H](C)CO[Si](C)(C)C(C)(C)C. The molecule has 0 fully saturated rings. The number of ketones is 1. The average Bonchev–Trinajstić information content (AvgIpc) is 2.31. The second-order valence-corrected chi connectivity index (χ2v) is 12.3. The number of Topliss-reactive ketones (excluding diaryl/α,β-unsaturated/α-hetero) is 1. The van der Waals surface area contributed by atoms with Crippen LogP contribution in [0, 0.1) is 11.8 Å². The summed E-state index contributed by atoms with van der Waals surface area (Å²) in [6.45, 7) is 20.4. The van der Waals surface area contributed by atoms with Gasteiger partial charge < -0.3 is 9.53 Å². The van der Waals surface area contributed by atoms with E-state index in [9.17, 15) is 9.90 Å². The summed E-state index contributed by atoms with van der Waals surface area (Å²) in [6, 6.07) is 0. The fourth-order valence-corrected chi connectivity index (χ4v) is 2.76. The first kappa shape index (κ1) is 19.5. The van der Waals surface area contributed by atoms with Gasteiger partial charge in [-0.2, -0.15) is 0 Å². The maximum Gasteiger partial charge on any atom is 0.192 e. The van der Waals surface area contributed by atoms with Crippen molar-refractivity contribution in [2.75, 3.05) is 6.61 Å². The summed E-state index contributed by atoms with van der Waals surface area (Å²) in [4.78, 5) is 12.3. The maximum absolute atomic E-state index is 12.3. The van der Waals surface area contributed by atoms with E-state index in [1.165, 1.54) is 0 Å². The smallest absolute Gasteiger partial charge is 0.192 e. The van der Waals surface area contributed by atoms with E-state index >= 15 is 0 Å². The van der Waals surface area contributed by atoms with Crippen LogP contribution in [0.3, 0.4) is 0 Å². The fourth-order valence-electron chi connectivity index (χ4n) is 1.66. The second-order valence-electron chi connectivity index (χ2n) is 7.45. The van der Waals surface area contributed by atoms with Crippen LogP contribution in [0.2, 0.25) is 18.1 Å². The Hall–Kier alpha value is -0.453. The van der Waals surface area contributed by atoms with Gasteiger partial charge in [0.15, 0.2) is 8.32 Å². The monoisotopic (exact) mass is 300 g/mol. The van der Waals surface area contributed by atoms with Gasteiger partial charge in [-0.1, -0.05) is 46.8 Å². The summed E-state index contributed by atoms with van der Waals surface area (Å²) in [5.74, 6) is -0.585. The summed E-state index contributed by atoms with van der Waals surface area (Å²) in [7, 11) is -1.83. The van der Waals surface area contributed by atoms with Gasteiger partial charge in [-0.25, -0.2) is 0 Å². The molecular weight excluding hydrogens is 268 g/mol. The third-order valence-electron chi connectivity index (χ3n) is 4.41. The summed E-state index contributed by atoms with van der Waals surface area (Å²) >= 11 is 0. The van der Waals surface area contributed by atoms with E-state index in [-0.39, 0.29) is 16.7 Å². The molecule has 0 aliphatic rings. The van der Waals surface area contributed by atoms with Crippen LogP contribution in [-0.2, 0) is 9.22 Å². The molecule has 0 aromatic rings.